The molecule has 0 spiro atoms. The Morgan fingerprint density at radius 2 is 0.935 bits per heavy atom. The van der Waals surface area contributed by atoms with E-state index in [2.05, 4.69) is 60.1 Å². The minimum atomic E-state index is -0.348. The van der Waals surface area contributed by atoms with Crippen LogP contribution in [0.1, 0.15) is 112 Å². The number of rotatable bonds is 24. The van der Waals surface area contributed by atoms with E-state index in [9.17, 15) is 29.4 Å². The summed E-state index contributed by atoms with van der Waals surface area (Å²) in [5.41, 5.74) is 18.7. The molecule has 0 aliphatic carbocycles. The SMILES string of the molecule is C=CC1=C(C)/C(=C/C2=NC(=C\c3[n-]c(/C=C4\N=C(O)C(C)=C4C=C)c(C)c3CC(=C)OOC)/C(CCC(=O)OC)=C2C)[N-]C1=O.C=CC1=C(C)/C(=C/c2[n-]c(/C=C3N=C(/C=C4\[N-]C(=O)C(C)=C4C=C)C(C)=C\3CC(=C)OOC)c(CCC(=O)OC)c2C)N=C1O.[Mn+2].[Mn+2]. The fourth-order valence-corrected chi connectivity index (χ4v) is 10.5. The molecule has 8 rings (SSSR count). The van der Waals surface area contributed by atoms with Crippen LogP contribution in [-0.2, 0) is 95.2 Å². The average molecular weight is 1330 g/mol. The number of carbonyl (C=O) groups excluding carboxylic acids is 4. The van der Waals surface area contributed by atoms with Gasteiger partial charge in [0.2, 0.25) is 11.8 Å². The number of aliphatic hydroxyl groups excluding tert-OH is 2. The standard InChI is InChI=1S/2C35H37N4O6.2Mn/c2*1-10-23-22(7)34(41)39-30(23)16-28-21(6)26(14-18(3)45-44-9)32(37-28)17-31-25(12-13-33(40)43-8)20(5)27(36-31)15-29-19(4)24(11-2)35(42)38-29;;/h2*10-11,15-17H,1-3,12-14H2,4-9H3,(H2-,36,37,38,39,41,42);;/q2*-1;2*+2/p-2. The summed E-state index contributed by atoms with van der Waals surface area (Å²) in [7, 11) is 5.50. The molecule has 0 fully saturated rings. The molecule has 20 nitrogen and oxygen atoms in total. The maximum Gasteiger partial charge on any atom is 2.00 e. The number of allylic oxidation sites excluding steroid dienone is 12. The molecule has 92 heavy (non-hydrogen) atoms. The number of aromatic nitrogens is 2. The van der Waals surface area contributed by atoms with E-state index in [1.165, 1.54) is 34.5 Å². The van der Waals surface area contributed by atoms with Crippen molar-refractivity contribution in [3.8, 4) is 0 Å². The van der Waals surface area contributed by atoms with Crippen molar-refractivity contribution in [2.45, 2.75) is 93.9 Å². The van der Waals surface area contributed by atoms with Gasteiger partial charge in [0.05, 0.1) is 74.5 Å². The largest absolute Gasteiger partial charge is 2.00 e. The molecule has 0 saturated heterocycles. The summed E-state index contributed by atoms with van der Waals surface area (Å²) >= 11 is 0. The number of nitrogens with zero attached hydrogens (tertiary/aromatic N) is 8. The molecule has 478 valence electrons. The molecular formula is C70H72Mn2N8O12. The van der Waals surface area contributed by atoms with Gasteiger partial charge < -0.3 is 59.7 Å². The summed E-state index contributed by atoms with van der Waals surface area (Å²) in [6.45, 7) is 37.9. The predicted octanol–water partition coefficient (Wildman–Crippen LogP) is 13.5. The molecule has 2 N–H and O–H groups in total. The Bertz CT molecular complexity index is 4070. The molecule has 6 aliphatic rings. The zero-order valence-electron chi connectivity index (χ0n) is 53.6. The van der Waals surface area contributed by atoms with Gasteiger partial charge in [0, 0.05) is 48.0 Å². The van der Waals surface area contributed by atoms with Crippen LogP contribution in [-0.4, -0.2) is 85.6 Å². The zero-order valence-corrected chi connectivity index (χ0v) is 55.9. The van der Waals surface area contributed by atoms with Crippen molar-refractivity contribution < 1.29 is 92.6 Å². The molecular weight excluding hydrogens is 1250 g/mol. The summed E-state index contributed by atoms with van der Waals surface area (Å²) in [5.74, 6) is -0.778. The summed E-state index contributed by atoms with van der Waals surface area (Å²) < 4.78 is 9.79. The quantitative estimate of drug-likeness (QED) is 0.0325. The maximum absolute atomic E-state index is 12.3. The minimum Gasteiger partial charge on any atom is -0.657 e. The van der Waals surface area contributed by atoms with Gasteiger partial charge in [0.25, 0.3) is 0 Å². The fourth-order valence-electron chi connectivity index (χ4n) is 10.5. The van der Waals surface area contributed by atoms with Gasteiger partial charge in [-0.3, -0.25) is 9.59 Å². The fraction of sp³-hybridized carbons (Fsp3) is 0.257. The molecule has 0 bridgehead atoms. The van der Waals surface area contributed by atoms with Gasteiger partial charge in [0.15, 0.2) is 0 Å². The summed E-state index contributed by atoms with van der Waals surface area (Å²) in [6, 6.07) is 0. The van der Waals surface area contributed by atoms with Gasteiger partial charge in [-0.2, -0.15) is 9.78 Å². The average Bonchev–Trinajstić information content (AvgIpc) is 1.65. The second kappa shape index (κ2) is 32.1. The van der Waals surface area contributed by atoms with Crippen LogP contribution in [0.3, 0.4) is 0 Å². The van der Waals surface area contributed by atoms with E-state index in [1.807, 2.05) is 53.7 Å². The summed E-state index contributed by atoms with van der Waals surface area (Å²) in [5, 5.41) is 28.9. The van der Waals surface area contributed by atoms with E-state index in [1.54, 1.807) is 56.4 Å². The smallest absolute Gasteiger partial charge is 0.657 e. The third-order valence-corrected chi connectivity index (χ3v) is 15.7. The Kier molecular flexibility index (Phi) is 25.6. The van der Waals surface area contributed by atoms with Gasteiger partial charge in [-0.25, -0.2) is 20.0 Å². The van der Waals surface area contributed by atoms with Crippen LogP contribution in [0.4, 0.5) is 0 Å². The number of methoxy groups -OCH3 is 2. The normalized spacial score (nSPS) is 18.7. The van der Waals surface area contributed by atoms with Crippen LogP contribution < -0.4 is 9.97 Å². The van der Waals surface area contributed by atoms with Crippen LogP contribution in [0.5, 0.6) is 0 Å². The van der Waals surface area contributed by atoms with Crippen molar-refractivity contribution in [2.75, 3.05) is 28.4 Å². The van der Waals surface area contributed by atoms with Gasteiger partial charge in [0.1, 0.15) is 11.5 Å². The van der Waals surface area contributed by atoms with Crippen LogP contribution in [0.2, 0.25) is 0 Å². The van der Waals surface area contributed by atoms with Crippen LogP contribution >= 0.6 is 0 Å². The number of aliphatic imine (C=N–C) groups is 4. The molecule has 2 radical (unpaired) electrons. The first-order valence-corrected chi connectivity index (χ1v) is 28.4. The second-order valence-electron chi connectivity index (χ2n) is 21.1. The molecule has 0 atom stereocenters. The van der Waals surface area contributed by atoms with E-state index in [0.717, 1.165) is 50.1 Å². The number of aliphatic hydroxyl groups is 2. The number of hydrogen-bond acceptors (Lipinski definition) is 14. The summed E-state index contributed by atoms with van der Waals surface area (Å²) in [6.07, 6.45) is 18.8. The number of esters is 2. The van der Waals surface area contributed by atoms with Gasteiger partial charge in [-0.1, -0.05) is 128 Å². The molecule has 0 aromatic carbocycles. The molecule has 0 unspecified atom stereocenters. The zero-order chi connectivity index (χ0) is 66.0. The van der Waals surface area contributed by atoms with Crippen LogP contribution in [0, 0.1) is 13.8 Å². The number of carbonyl (C=O) groups is 4. The molecule has 6 aliphatic heterocycles. The van der Waals surface area contributed by atoms with Gasteiger partial charge in [-0.15, -0.1) is 34.2 Å². The van der Waals surface area contributed by atoms with Crippen molar-refractivity contribution in [3.05, 3.63) is 244 Å². The van der Waals surface area contributed by atoms with Gasteiger partial charge >= 0.3 is 46.1 Å². The van der Waals surface area contributed by atoms with Crippen molar-refractivity contribution in [1.82, 2.24) is 9.97 Å². The monoisotopic (exact) mass is 1330 g/mol. The van der Waals surface area contributed by atoms with Crippen molar-refractivity contribution >= 4 is 71.3 Å². The Morgan fingerprint density at radius 3 is 1.47 bits per heavy atom. The maximum atomic E-state index is 12.3. The number of ether oxygens (including phenoxy) is 2. The van der Waals surface area contributed by atoms with Crippen molar-refractivity contribution in [3.63, 3.8) is 0 Å². The van der Waals surface area contributed by atoms with E-state index in [-0.39, 0.29) is 88.9 Å². The molecule has 8 heterocycles. The van der Waals surface area contributed by atoms with Crippen LogP contribution in [0.15, 0.2) is 208 Å². The first kappa shape index (κ1) is 73.3. The number of amides is 2. The third kappa shape index (κ3) is 16.0. The minimum absolute atomic E-state index is 0. The van der Waals surface area contributed by atoms with E-state index in [4.69, 9.17) is 49.0 Å². The molecule has 22 heteroatoms. The van der Waals surface area contributed by atoms with Gasteiger partial charge in [-0.05, 0) is 107 Å². The van der Waals surface area contributed by atoms with Crippen molar-refractivity contribution in [2.24, 2.45) is 20.0 Å². The molecule has 2 amide bonds. The second-order valence-corrected chi connectivity index (χ2v) is 21.1. The van der Waals surface area contributed by atoms with Crippen molar-refractivity contribution in [1.29, 1.82) is 0 Å². The Labute approximate surface area is 557 Å². The van der Waals surface area contributed by atoms with E-state index < -0.39 is 0 Å². The Morgan fingerprint density at radius 1 is 0.467 bits per heavy atom. The van der Waals surface area contributed by atoms with Crippen LogP contribution in [0.25, 0.3) is 34.9 Å². The first-order chi connectivity index (χ1) is 42.9. The third-order valence-electron chi connectivity index (χ3n) is 15.7. The molecule has 2 aromatic rings. The topological polar surface area (TPSA) is 270 Å². The first-order valence-electron chi connectivity index (χ1n) is 28.4. The van der Waals surface area contributed by atoms with E-state index >= 15 is 0 Å². The summed E-state index contributed by atoms with van der Waals surface area (Å²) in [4.78, 5) is 97.2. The predicted molar refractivity (Wildman–Crippen MR) is 350 cm³/mol. The molecule has 0 saturated carbocycles. The Balaban J connectivity index is 0.000000327. The Hall–Kier alpha value is -9.40. The number of hydrogen-bond donors (Lipinski definition) is 2. The molecule has 2 aromatic heterocycles. The van der Waals surface area contributed by atoms with E-state index in [0.29, 0.717) is 138 Å².